The Balaban J connectivity index is 2.40. The summed E-state index contributed by atoms with van der Waals surface area (Å²) in [5.74, 6) is 4.56. The molecule has 1 aromatic carbocycles. The number of nitrogens with zero attached hydrogens (tertiary/aromatic N) is 2. The van der Waals surface area contributed by atoms with Crippen LogP contribution < -0.4 is 0 Å². The van der Waals surface area contributed by atoms with Gasteiger partial charge < -0.3 is 19.4 Å². The number of hydrogen-bond acceptors (Lipinski definition) is 7. The fraction of sp³-hybridized carbons (Fsp3) is 0.600. The number of amides is 1. The van der Waals surface area contributed by atoms with Crippen molar-refractivity contribution in [2.24, 2.45) is 0 Å². The standard InChI is InChI=1S/C25H36N2O6/c1-23(2,3)32-21(28)15-14-19(26(30)16-18-12-10-9-11-13-18)20-17-31-25(7,8)27(20)22(29)33-24(4,5)6/h9-13,19-20,30H,16-17H2,1-8H3/t19?,20-/m0/s1. The molecule has 1 aliphatic rings. The average Bonchev–Trinajstić information content (AvgIpc) is 2.95. The van der Waals surface area contributed by atoms with Crippen molar-refractivity contribution in [3.63, 3.8) is 0 Å². The number of carbonyl (C=O) groups is 2. The van der Waals surface area contributed by atoms with E-state index in [2.05, 4.69) is 11.8 Å². The summed E-state index contributed by atoms with van der Waals surface area (Å²) in [6.07, 6.45) is -0.591. The molecule has 0 radical (unpaired) electrons. The summed E-state index contributed by atoms with van der Waals surface area (Å²) >= 11 is 0. The lowest BCUT2D eigenvalue weighted by Gasteiger charge is -2.38. The second kappa shape index (κ2) is 10.1. The Morgan fingerprint density at radius 1 is 1.15 bits per heavy atom. The molecule has 1 fully saturated rings. The van der Waals surface area contributed by atoms with E-state index in [4.69, 9.17) is 14.2 Å². The third-order valence-corrected chi connectivity index (χ3v) is 4.70. The zero-order valence-electron chi connectivity index (χ0n) is 20.8. The maximum Gasteiger partial charge on any atom is 0.412 e. The quantitative estimate of drug-likeness (QED) is 0.315. The summed E-state index contributed by atoms with van der Waals surface area (Å²) < 4.78 is 16.7. The predicted octanol–water partition coefficient (Wildman–Crippen LogP) is 3.96. The Morgan fingerprint density at radius 2 is 1.73 bits per heavy atom. The van der Waals surface area contributed by atoms with Gasteiger partial charge in [-0.15, -0.1) is 0 Å². The van der Waals surface area contributed by atoms with Crippen LogP contribution in [0, 0.1) is 11.8 Å². The molecule has 8 nitrogen and oxygen atoms in total. The van der Waals surface area contributed by atoms with E-state index in [1.54, 1.807) is 55.4 Å². The first-order chi connectivity index (χ1) is 15.1. The van der Waals surface area contributed by atoms with Crippen LogP contribution in [0.2, 0.25) is 0 Å². The molecular formula is C25H36N2O6. The van der Waals surface area contributed by atoms with Gasteiger partial charge in [-0.1, -0.05) is 36.3 Å². The Bertz CT molecular complexity index is 889. The predicted molar refractivity (Wildman–Crippen MR) is 123 cm³/mol. The van der Waals surface area contributed by atoms with E-state index >= 15 is 0 Å². The van der Waals surface area contributed by atoms with E-state index in [1.807, 2.05) is 30.3 Å². The third kappa shape index (κ3) is 8.04. The molecule has 0 saturated carbocycles. The highest BCUT2D eigenvalue weighted by Crippen LogP contribution is 2.32. The van der Waals surface area contributed by atoms with Gasteiger partial charge in [0, 0.05) is 5.92 Å². The van der Waals surface area contributed by atoms with Crippen LogP contribution in [0.15, 0.2) is 30.3 Å². The zero-order chi connectivity index (χ0) is 25.0. The molecule has 1 saturated heterocycles. The van der Waals surface area contributed by atoms with Crippen LogP contribution in [0.25, 0.3) is 0 Å². The Morgan fingerprint density at radius 3 is 2.27 bits per heavy atom. The molecule has 1 aliphatic heterocycles. The van der Waals surface area contributed by atoms with Crippen molar-refractivity contribution in [2.45, 2.75) is 90.9 Å². The highest BCUT2D eigenvalue weighted by Gasteiger charge is 2.49. The number of esters is 1. The normalized spacial score (nSPS) is 19.0. The van der Waals surface area contributed by atoms with E-state index in [0.29, 0.717) is 0 Å². The lowest BCUT2D eigenvalue weighted by molar-refractivity contribution is -0.147. The third-order valence-electron chi connectivity index (χ3n) is 4.70. The van der Waals surface area contributed by atoms with E-state index in [-0.39, 0.29) is 13.2 Å². The molecule has 1 unspecified atom stereocenters. The molecular weight excluding hydrogens is 424 g/mol. The SMILES string of the molecule is CC(C)(C)OC(=O)C#CC([C@@H]1COC(C)(C)N1C(=O)OC(C)(C)C)N(O)Cc1ccccc1. The van der Waals surface area contributed by atoms with Crippen molar-refractivity contribution in [1.29, 1.82) is 0 Å². The molecule has 2 atom stereocenters. The summed E-state index contributed by atoms with van der Waals surface area (Å²) in [5, 5.41) is 12.0. The highest BCUT2D eigenvalue weighted by molar-refractivity contribution is 5.88. The molecule has 1 heterocycles. The van der Waals surface area contributed by atoms with Gasteiger partial charge in [-0.3, -0.25) is 4.90 Å². The van der Waals surface area contributed by atoms with Gasteiger partial charge in [-0.05, 0) is 61.0 Å². The van der Waals surface area contributed by atoms with E-state index in [0.717, 1.165) is 10.6 Å². The van der Waals surface area contributed by atoms with Crippen LogP contribution in [-0.2, 0) is 25.5 Å². The number of rotatable bonds is 4. The number of hydroxylamine groups is 2. The van der Waals surface area contributed by atoms with Crippen LogP contribution in [0.1, 0.15) is 61.0 Å². The molecule has 1 amide bonds. The minimum Gasteiger partial charge on any atom is -0.450 e. The Hall–Kier alpha value is -2.60. The Labute approximate surface area is 196 Å². The Kier molecular flexibility index (Phi) is 8.18. The number of ether oxygens (including phenoxy) is 3. The molecule has 1 N–H and O–H groups in total. The van der Waals surface area contributed by atoms with Crippen molar-refractivity contribution in [1.82, 2.24) is 9.96 Å². The molecule has 8 heteroatoms. The molecule has 0 aromatic heterocycles. The van der Waals surface area contributed by atoms with Crippen molar-refractivity contribution in [3.05, 3.63) is 35.9 Å². The molecule has 0 bridgehead atoms. The highest BCUT2D eigenvalue weighted by atomic mass is 16.6. The lowest BCUT2D eigenvalue weighted by Crippen LogP contribution is -2.56. The maximum absolute atomic E-state index is 13.1. The first-order valence-corrected chi connectivity index (χ1v) is 11.0. The van der Waals surface area contributed by atoms with Crippen LogP contribution >= 0.6 is 0 Å². The fourth-order valence-corrected chi connectivity index (χ4v) is 3.41. The monoisotopic (exact) mass is 460 g/mol. The van der Waals surface area contributed by atoms with E-state index < -0.39 is 41.1 Å². The van der Waals surface area contributed by atoms with Gasteiger partial charge in [-0.2, -0.15) is 5.06 Å². The number of benzene rings is 1. The molecule has 2 rings (SSSR count). The minimum atomic E-state index is -0.994. The largest absolute Gasteiger partial charge is 0.450 e. The fourth-order valence-electron chi connectivity index (χ4n) is 3.41. The molecule has 0 spiro atoms. The van der Waals surface area contributed by atoms with Gasteiger partial charge in [0.05, 0.1) is 19.2 Å². The summed E-state index contributed by atoms with van der Waals surface area (Å²) in [6, 6.07) is 7.69. The van der Waals surface area contributed by atoms with Crippen molar-refractivity contribution in [2.75, 3.05) is 6.61 Å². The van der Waals surface area contributed by atoms with Gasteiger partial charge >= 0.3 is 12.1 Å². The number of carbonyl (C=O) groups excluding carboxylic acids is 2. The zero-order valence-corrected chi connectivity index (χ0v) is 20.8. The maximum atomic E-state index is 13.1. The van der Waals surface area contributed by atoms with Crippen LogP contribution in [0.5, 0.6) is 0 Å². The van der Waals surface area contributed by atoms with Crippen LogP contribution in [0.4, 0.5) is 4.79 Å². The minimum absolute atomic E-state index is 0.103. The average molecular weight is 461 g/mol. The topological polar surface area (TPSA) is 88.5 Å². The van der Waals surface area contributed by atoms with E-state index in [1.165, 1.54) is 4.90 Å². The summed E-state index contributed by atoms with van der Waals surface area (Å²) in [5.41, 5.74) is -1.58. The molecule has 0 aliphatic carbocycles. The first-order valence-electron chi connectivity index (χ1n) is 11.0. The first kappa shape index (κ1) is 26.7. The summed E-state index contributed by atoms with van der Waals surface area (Å²) in [4.78, 5) is 26.8. The number of hydrogen-bond donors (Lipinski definition) is 1. The van der Waals surface area contributed by atoms with E-state index in [9.17, 15) is 14.8 Å². The van der Waals surface area contributed by atoms with Crippen molar-refractivity contribution >= 4 is 12.1 Å². The smallest absolute Gasteiger partial charge is 0.412 e. The summed E-state index contributed by atoms with van der Waals surface area (Å²) in [6.45, 7) is 14.3. The lowest BCUT2D eigenvalue weighted by atomic mass is 10.1. The van der Waals surface area contributed by atoms with Gasteiger partial charge in [0.25, 0.3) is 0 Å². The van der Waals surface area contributed by atoms with Crippen molar-refractivity contribution in [3.8, 4) is 11.8 Å². The van der Waals surface area contributed by atoms with Crippen LogP contribution in [0.3, 0.4) is 0 Å². The van der Waals surface area contributed by atoms with Crippen LogP contribution in [-0.4, -0.2) is 62.9 Å². The second-order valence-electron chi connectivity index (χ2n) is 10.5. The van der Waals surface area contributed by atoms with Gasteiger partial charge in [0.15, 0.2) is 0 Å². The summed E-state index contributed by atoms with van der Waals surface area (Å²) in [7, 11) is 0. The van der Waals surface area contributed by atoms with Crippen molar-refractivity contribution < 1.29 is 29.0 Å². The van der Waals surface area contributed by atoms with Gasteiger partial charge in [0.2, 0.25) is 0 Å². The molecule has 1 aromatic rings. The molecule has 33 heavy (non-hydrogen) atoms. The van der Waals surface area contributed by atoms with Gasteiger partial charge in [-0.25, -0.2) is 9.59 Å². The molecule has 182 valence electrons. The second-order valence-corrected chi connectivity index (χ2v) is 10.5. The van der Waals surface area contributed by atoms with Gasteiger partial charge in [0.1, 0.15) is 23.0 Å².